The summed E-state index contributed by atoms with van der Waals surface area (Å²) in [5.74, 6) is 0.480. The van der Waals surface area contributed by atoms with Gasteiger partial charge in [-0.1, -0.05) is 12.1 Å². The fourth-order valence-corrected chi connectivity index (χ4v) is 2.14. The maximum Gasteiger partial charge on any atom is 0.146 e. The molecule has 0 saturated carbocycles. The summed E-state index contributed by atoms with van der Waals surface area (Å²) in [6.07, 6.45) is 2.82. The Morgan fingerprint density at radius 3 is 2.74 bits per heavy atom. The highest BCUT2D eigenvalue weighted by Gasteiger charge is 2.17. The second kappa shape index (κ2) is 5.80. The molecule has 100 valence electrons. The van der Waals surface area contributed by atoms with Gasteiger partial charge in [-0.15, -0.1) is 0 Å². The molecule has 4 heteroatoms. The number of rotatable bonds is 4. The van der Waals surface area contributed by atoms with E-state index in [4.69, 9.17) is 4.74 Å². The van der Waals surface area contributed by atoms with Gasteiger partial charge in [0.2, 0.25) is 0 Å². The average Bonchev–Trinajstić information content (AvgIpc) is 2.43. The molecule has 0 spiro atoms. The summed E-state index contributed by atoms with van der Waals surface area (Å²) in [4.78, 5) is 3.78. The molecule has 3 nitrogen and oxygen atoms in total. The Labute approximate surface area is 112 Å². The van der Waals surface area contributed by atoms with Crippen LogP contribution in [-0.4, -0.2) is 19.1 Å². The Morgan fingerprint density at radius 1 is 1.32 bits per heavy atom. The molecule has 0 saturated heterocycles. The third-order valence-corrected chi connectivity index (χ3v) is 3.17. The van der Waals surface area contributed by atoms with Crippen molar-refractivity contribution in [2.24, 2.45) is 0 Å². The van der Waals surface area contributed by atoms with Crippen LogP contribution < -0.4 is 10.1 Å². The quantitative estimate of drug-likeness (QED) is 0.918. The molecule has 0 aliphatic carbocycles. The topological polar surface area (TPSA) is 34.1 Å². The first kappa shape index (κ1) is 13.5. The van der Waals surface area contributed by atoms with Crippen LogP contribution in [0, 0.1) is 12.7 Å². The Balaban J connectivity index is 2.45. The number of methoxy groups -OCH3 is 1. The average molecular weight is 260 g/mol. The molecule has 1 aromatic carbocycles. The van der Waals surface area contributed by atoms with Crippen molar-refractivity contribution < 1.29 is 9.13 Å². The SMILES string of the molecule is CNC(c1ccc(C)c(OC)c1)c1ccncc1F. The van der Waals surface area contributed by atoms with Gasteiger partial charge in [0.25, 0.3) is 0 Å². The minimum atomic E-state index is -0.318. The first-order chi connectivity index (χ1) is 9.17. The van der Waals surface area contributed by atoms with Gasteiger partial charge < -0.3 is 10.1 Å². The summed E-state index contributed by atoms with van der Waals surface area (Å²) in [5.41, 5.74) is 2.58. The van der Waals surface area contributed by atoms with Crippen LogP contribution in [0.25, 0.3) is 0 Å². The molecule has 0 aliphatic rings. The van der Waals surface area contributed by atoms with Crippen molar-refractivity contribution in [3.63, 3.8) is 0 Å². The molecular formula is C15H17FN2O. The number of aromatic nitrogens is 1. The van der Waals surface area contributed by atoms with E-state index in [1.54, 1.807) is 26.4 Å². The van der Waals surface area contributed by atoms with Crippen molar-refractivity contribution >= 4 is 0 Å². The van der Waals surface area contributed by atoms with E-state index >= 15 is 0 Å². The fraction of sp³-hybridized carbons (Fsp3) is 0.267. The minimum absolute atomic E-state index is 0.225. The fourth-order valence-electron chi connectivity index (χ4n) is 2.14. The van der Waals surface area contributed by atoms with E-state index in [0.717, 1.165) is 16.9 Å². The Kier molecular flexibility index (Phi) is 4.12. The number of pyridine rings is 1. The molecule has 0 aliphatic heterocycles. The Hall–Kier alpha value is -1.94. The lowest BCUT2D eigenvalue weighted by atomic mass is 9.98. The van der Waals surface area contributed by atoms with Gasteiger partial charge in [0.1, 0.15) is 11.6 Å². The maximum atomic E-state index is 13.8. The third kappa shape index (κ3) is 2.74. The van der Waals surface area contributed by atoms with E-state index in [1.165, 1.54) is 6.20 Å². The first-order valence-electron chi connectivity index (χ1n) is 6.08. The van der Waals surface area contributed by atoms with Gasteiger partial charge in [0.15, 0.2) is 0 Å². The Morgan fingerprint density at radius 2 is 2.11 bits per heavy atom. The van der Waals surface area contributed by atoms with Crippen LogP contribution in [0.5, 0.6) is 5.75 Å². The van der Waals surface area contributed by atoms with E-state index < -0.39 is 0 Å². The van der Waals surface area contributed by atoms with Gasteiger partial charge in [-0.2, -0.15) is 0 Å². The molecule has 0 amide bonds. The predicted octanol–water partition coefficient (Wildman–Crippen LogP) is 2.85. The lowest BCUT2D eigenvalue weighted by Gasteiger charge is -2.19. The van der Waals surface area contributed by atoms with Gasteiger partial charge in [-0.3, -0.25) is 4.98 Å². The van der Waals surface area contributed by atoms with E-state index in [0.29, 0.717) is 5.56 Å². The second-order valence-corrected chi connectivity index (χ2v) is 4.35. The van der Waals surface area contributed by atoms with Crippen molar-refractivity contribution in [3.8, 4) is 5.75 Å². The normalized spacial score (nSPS) is 12.2. The summed E-state index contributed by atoms with van der Waals surface area (Å²) in [6.45, 7) is 1.98. The van der Waals surface area contributed by atoms with Crippen LogP contribution in [0.1, 0.15) is 22.7 Å². The van der Waals surface area contributed by atoms with Gasteiger partial charge in [-0.05, 0) is 37.2 Å². The molecule has 2 aromatic rings. The zero-order valence-corrected chi connectivity index (χ0v) is 11.3. The number of ether oxygens (including phenoxy) is 1. The third-order valence-electron chi connectivity index (χ3n) is 3.17. The summed E-state index contributed by atoms with van der Waals surface area (Å²) >= 11 is 0. The van der Waals surface area contributed by atoms with Crippen molar-refractivity contribution in [1.29, 1.82) is 0 Å². The second-order valence-electron chi connectivity index (χ2n) is 4.35. The van der Waals surface area contributed by atoms with Gasteiger partial charge in [0, 0.05) is 11.8 Å². The lowest BCUT2D eigenvalue weighted by molar-refractivity contribution is 0.410. The first-order valence-corrected chi connectivity index (χ1v) is 6.08. The zero-order valence-electron chi connectivity index (χ0n) is 11.3. The van der Waals surface area contributed by atoms with Crippen LogP contribution in [0.2, 0.25) is 0 Å². The lowest BCUT2D eigenvalue weighted by Crippen LogP contribution is -2.19. The molecule has 1 aromatic heterocycles. The zero-order chi connectivity index (χ0) is 13.8. The van der Waals surface area contributed by atoms with Crippen molar-refractivity contribution in [2.45, 2.75) is 13.0 Å². The van der Waals surface area contributed by atoms with Crippen molar-refractivity contribution in [1.82, 2.24) is 10.3 Å². The number of aryl methyl sites for hydroxylation is 1. The van der Waals surface area contributed by atoms with E-state index in [9.17, 15) is 4.39 Å². The van der Waals surface area contributed by atoms with E-state index in [-0.39, 0.29) is 11.9 Å². The number of hydrogen-bond acceptors (Lipinski definition) is 3. The molecule has 0 bridgehead atoms. The van der Waals surface area contributed by atoms with E-state index in [2.05, 4.69) is 10.3 Å². The molecule has 0 fully saturated rings. The number of nitrogens with one attached hydrogen (secondary N) is 1. The maximum absolute atomic E-state index is 13.8. The van der Waals surface area contributed by atoms with E-state index in [1.807, 2.05) is 25.1 Å². The van der Waals surface area contributed by atoms with Crippen molar-refractivity contribution in [2.75, 3.05) is 14.2 Å². The monoisotopic (exact) mass is 260 g/mol. The molecule has 19 heavy (non-hydrogen) atoms. The number of halogens is 1. The van der Waals surface area contributed by atoms with Gasteiger partial charge in [-0.25, -0.2) is 4.39 Å². The number of hydrogen-bond donors (Lipinski definition) is 1. The highest BCUT2D eigenvalue weighted by atomic mass is 19.1. The molecule has 1 unspecified atom stereocenters. The van der Waals surface area contributed by atoms with Gasteiger partial charge in [0.05, 0.1) is 19.3 Å². The van der Waals surface area contributed by atoms with Gasteiger partial charge >= 0.3 is 0 Å². The molecule has 0 radical (unpaired) electrons. The van der Waals surface area contributed by atoms with Crippen LogP contribution in [0.4, 0.5) is 4.39 Å². The summed E-state index contributed by atoms with van der Waals surface area (Å²) in [5, 5.41) is 3.12. The highest BCUT2D eigenvalue weighted by Crippen LogP contribution is 2.28. The smallest absolute Gasteiger partial charge is 0.146 e. The molecular weight excluding hydrogens is 243 g/mol. The Bertz CT molecular complexity index is 572. The molecule has 1 heterocycles. The van der Waals surface area contributed by atoms with Crippen LogP contribution >= 0.6 is 0 Å². The highest BCUT2D eigenvalue weighted by molar-refractivity contribution is 5.41. The number of nitrogens with zero attached hydrogens (tertiary/aromatic N) is 1. The van der Waals surface area contributed by atoms with Crippen LogP contribution in [0.15, 0.2) is 36.7 Å². The van der Waals surface area contributed by atoms with Crippen molar-refractivity contribution in [3.05, 3.63) is 59.2 Å². The van der Waals surface area contributed by atoms with Crippen LogP contribution in [-0.2, 0) is 0 Å². The molecule has 2 rings (SSSR count). The molecule has 1 N–H and O–H groups in total. The standard InChI is InChI=1S/C15H17FN2O/c1-10-4-5-11(8-14(10)19-3)15(17-2)12-6-7-18-9-13(12)16/h4-9,15,17H,1-3H3. The van der Waals surface area contributed by atoms with Crippen LogP contribution in [0.3, 0.4) is 0 Å². The predicted molar refractivity (Wildman–Crippen MR) is 72.8 cm³/mol. The number of benzene rings is 1. The largest absolute Gasteiger partial charge is 0.496 e. The summed E-state index contributed by atoms with van der Waals surface area (Å²) in [6, 6.07) is 7.33. The summed E-state index contributed by atoms with van der Waals surface area (Å²) < 4.78 is 19.2. The summed E-state index contributed by atoms with van der Waals surface area (Å²) in [7, 11) is 3.43. The molecule has 1 atom stereocenters. The minimum Gasteiger partial charge on any atom is -0.496 e.